The first-order valence-corrected chi connectivity index (χ1v) is 6.46. The van der Waals surface area contributed by atoms with Crippen LogP contribution >= 0.6 is 0 Å². The van der Waals surface area contributed by atoms with Gasteiger partial charge in [0.15, 0.2) is 0 Å². The van der Waals surface area contributed by atoms with Gasteiger partial charge in [-0.1, -0.05) is 25.0 Å². The molecule has 2 atom stereocenters. The quantitative estimate of drug-likeness (QED) is 0.753. The molecule has 0 saturated carbocycles. The fourth-order valence-corrected chi connectivity index (χ4v) is 2.40. The summed E-state index contributed by atoms with van der Waals surface area (Å²) in [6.07, 6.45) is 5.25. The number of benzene rings is 1. The van der Waals surface area contributed by atoms with Gasteiger partial charge in [-0.25, -0.2) is 0 Å². The molecular formula is C14H21NO2. The van der Waals surface area contributed by atoms with Crippen molar-refractivity contribution in [2.45, 2.75) is 44.2 Å². The van der Waals surface area contributed by atoms with Crippen molar-refractivity contribution in [2.75, 3.05) is 6.54 Å². The Labute approximate surface area is 102 Å². The SMILES string of the molecule is Oc1ccc(C(O)CC2CCCCCN2)cc1. The second-order valence-corrected chi connectivity index (χ2v) is 4.84. The first kappa shape index (κ1) is 12.4. The van der Waals surface area contributed by atoms with Gasteiger partial charge in [0, 0.05) is 6.04 Å². The third-order valence-electron chi connectivity index (χ3n) is 3.45. The van der Waals surface area contributed by atoms with E-state index < -0.39 is 6.10 Å². The van der Waals surface area contributed by atoms with Crippen LogP contribution in [0.25, 0.3) is 0 Å². The molecule has 0 aliphatic carbocycles. The van der Waals surface area contributed by atoms with Crippen LogP contribution < -0.4 is 5.32 Å². The molecule has 17 heavy (non-hydrogen) atoms. The van der Waals surface area contributed by atoms with Crippen LogP contribution in [0.1, 0.15) is 43.8 Å². The zero-order valence-corrected chi connectivity index (χ0v) is 10.1. The predicted molar refractivity (Wildman–Crippen MR) is 67.9 cm³/mol. The summed E-state index contributed by atoms with van der Waals surface area (Å²) in [6, 6.07) is 7.24. The van der Waals surface area contributed by atoms with Gasteiger partial charge < -0.3 is 15.5 Å². The minimum Gasteiger partial charge on any atom is -0.508 e. The van der Waals surface area contributed by atoms with E-state index in [4.69, 9.17) is 0 Å². The van der Waals surface area contributed by atoms with Crippen molar-refractivity contribution in [2.24, 2.45) is 0 Å². The Morgan fingerprint density at radius 1 is 1.18 bits per heavy atom. The highest BCUT2D eigenvalue weighted by Crippen LogP contribution is 2.23. The zero-order chi connectivity index (χ0) is 12.1. The molecule has 3 nitrogen and oxygen atoms in total. The van der Waals surface area contributed by atoms with E-state index in [1.54, 1.807) is 24.3 Å². The molecule has 0 spiro atoms. The summed E-state index contributed by atoms with van der Waals surface area (Å²) in [5.41, 5.74) is 0.883. The maximum absolute atomic E-state index is 10.1. The van der Waals surface area contributed by atoms with E-state index in [0.717, 1.165) is 24.9 Å². The molecule has 1 heterocycles. The normalized spacial score (nSPS) is 23.0. The van der Waals surface area contributed by atoms with Gasteiger partial charge in [-0.05, 0) is 43.5 Å². The van der Waals surface area contributed by atoms with Crippen LogP contribution in [0, 0.1) is 0 Å². The highest BCUT2D eigenvalue weighted by molar-refractivity contribution is 5.27. The van der Waals surface area contributed by atoms with Crippen molar-refractivity contribution in [1.29, 1.82) is 0 Å². The van der Waals surface area contributed by atoms with Crippen molar-refractivity contribution in [3.63, 3.8) is 0 Å². The number of nitrogens with one attached hydrogen (secondary N) is 1. The van der Waals surface area contributed by atoms with Crippen molar-refractivity contribution in [3.05, 3.63) is 29.8 Å². The third-order valence-corrected chi connectivity index (χ3v) is 3.45. The van der Waals surface area contributed by atoms with E-state index in [-0.39, 0.29) is 5.75 Å². The molecule has 1 fully saturated rings. The van der Waals surface area contributed by atoms with Gasteiger partial charge in [-0.15, -0.1) is 0 Å². The molecule has 1 aliphatic rings. The minimum absolute atomic E-state index is 0.244. The van der Waals surface area contributed by atoms with Crippen LogP contribution in [0.4, 0.5) is 0 Å². The summed E-state index contributed by atoms with van der Waals surface area (Å²) in [6.45, 7) is 1.06. The average molecular weight is 235 g/mol. The summed E-state index contributed by atoms with van der Waals surface area (Å²) in [4.78, 5) is 0. The van der Waals surface area contributed by atoms with E-state index in [1.807, 2.05) is 0 Å². The number of aliphatic hydroxyl groups is 1. The first-order valence-electron chi connectivity index (χ1n) is 6.46. The van der Waals surface area contributed by atoms with E-state index >= 15 is 0 Å². The molecule has 3 N–H and O–H groups in total. The number of phenols is 1. The zero-order valence-electron chi connectivity index (χ0n) is 10.1. The molecule has 2 rings (SSSR count). The molecule has 3 heteroatoms. The van der Waals surface area contributed by atoms with E-state index in [1.165, 1.54) is 19.3 Å². The van der Waals surface area contributed by atoms with Crippen molar-refractivity contribution >= 4 is 0 Å². The molecule has 1 aliphatic heterocycles. The Bertz CT molecular complexity index is 329. The van der Waals surface area contributed by atoms with E-state index in [9.17, 15) is 10.2 Å². The third kappa shape index (κ3) is 3.72. The Morgan fingerprint density at radius 3 is 2.71 bits per heavy atom. The lowest BCUT2D eigenvalue weighted by molar-refractivity contribution is 0.150. The molecule has 1 saturated heterocycles. The Morgan fingerprint density at radius 2 is 1.94 bits per heavy atom. The van der Waals surface area contributed by atoms with Gasteiger partial charge in [-0.2, -0.15) is 0 Å². The fraction of sp³-hybridized carbons (Fsp3) is 0.571. The summed E-state index contributed by atoms with van der Waals surface area (Å²) < 4.78 is 0. The lowest BCUT2D eigenvalue weighted by Crippen LogP contribution is -2.29. The maximum atomic E-state index is 10.1. The predicted octanol–water partition coefficient (Wildman–Crippen LogP) is 2.35. The lowest BCUT2D eigenvalue weighted by atomic mass is 9.99. The van der Waals surface area contributed by atoms with Crippen molar-refractivity contribution in [1.82, 2.24) is 5.32 Å². The minimum atomic E-state index is -0.439. The number of hydrogen-bond acceptors (Lipinski definition) is 3. The second kappa shape index (κ2) is 6.03. The summed E-state index contributed by atoms with van der Waals surface area (Å²) in [5, 5.41) is 22.8. The van der Waals surface area contributed by atoms with Crippen molar-refractivity contribution in [3.8, 4) is 5.75 Å². The number of aliphatic hydroxyl groups excluding tert-OH is 1. The maximum Gasteiger partial charge on any atom is 0.115 e. The Balaban J connectivity index is 1.91. The van der Waals surface area contributed by atoms with Crippen LogP contribution in [-0.2, 0) is 0 Å². The smallest absolute Gasteiger partial charge is 0.115 e. The monoisotopic (exact) mass is 235 g/mol. The van der Waals surface area contributed by atoms with Crippen LogP contribution in [0.2, 0.25) is 0 Å². The molecule has 0 amide bonds. The van der Waals surface area contributed by atoms with E-state index in [2.05, 4.69) is 5.32 Å². The second-order valence-electron chi connectivity index (χ2n) is 4.84. The Kier molecular flexibility index (Phi) is 4.40. The van der Waals surface area contributed by atoms with Gasteiger partial charge in [-0.3, -0.25) is 0 Å². The molecule has 0 aromatic heterocycles. The molecule has 2 unspecified atom stereocenters. The number of aromatic hydroxyl groups is 1. The molecule has 0 radical (unpaired) electrons. The van der Waals surface area contributed by atoms with E-state index in [0.29, 0.717) is 6.04 Å². The number of hydrogen-bond donors (Lipinski definition) is 3. The van der Waals surface area contributed by atoms with Crippen LogP contribution in [0.5, 0.6) is 5.75 Å². The highest BCUT2D eigenvalue weighted by Gasteiger charge is 2.17. The molecule has 94 valence electrons. The van der Waals surface area contributed by atoms with Crippen LogP contribution in [0.15, 0.2) is 24.3 Å². The molecule has 1 aromatic rings. The standard InChI is InChI=1S/C14H21NO2/c16-13-7-5-11(6-8-13)14(17)10-12-4-2-1-3-9-15-12/h5-8,12,14-17H,1-4,9-10H2. The number of phenolic OH excluding ortho intramolecular Hbond substituents is 1. The average Bonchev–Trinajstić information content (AvgIpc) is 2.58. The summed E-state index contributed by atoms with van der Waals surface area (Å²) in [7, 11) is 0. The summed E-state index contributed by atoms with van der Waals surface area (Å²) in [5.74, 6) is 0.244. The first-order chi connectivity index (χ1) is 8.25. The van der Waals surface area contributed by atoms with Gasteiger partial charge >= 0.3 is 0 Å². The fourth-order valence-electron chi connectivity index (χ4n) is 2.40. The van der Waals surface area contributed by atoms with Gasteiger partial charge in [0.1, 0.15) is 5.75 Å². The van der Waals surface area contributed by atoms with Gasteiger partial charge in [0.05, 0.1) is 6.10 Å². The molecule has 0 bridgehead atoms. The lowest BCUT2D eigenvalue weighted by Gasteiger charge is -2.20. The molecule has 1 aromatic carbocycles. The highest BCUT2D eigenvalue weighted by atomic mass is 16.3. The van der Waals surface area contributed by atoms with Crippen LogP contribution in [0.3, 0.4) is 0 Å². The van der Waals surface area contributed by atoms with Crippen molar-refractivity contribution < 1.29 is 10.2 Å². The topological polar surface area (TPSA) is 52.5 Å². The number of rotatable bonds is 3. The van der Waals surface area contributed by atoms with Gasteiger partial charge in [0.2, 0.25) is 0 Å². The summed E-state index contributed by atoms with van der Waals surface area (Å²) >= 11 is 0. The molecular weight excluding hydrogens is 214 g/mol. The van der Waals surface area contributed by atoms with Crippen LogP contribution in [-0.4, -0.2) is 22.8 Å². The van der Waals surface area contributed by atoms with Gasteiger partial charge in [0.25, 0.3) is 0 Å². The largest absolute Gasteiger partial charge is 0.508 e. The Hall–Kier alpha value is -1.06.